The van der Waals surface area contributed by atoms with Gasteiger partial charge in [0, 0.05) is 30.2 Å². The molecule has 6 nitrogen and oxygen atoms in total. The molecule has 0 saturated carbocycles. The fraction of sp³-hybridized carbons (Fsp3) is 0.0667. The van der Waals surface area contributed by atoms with Crippen molar-refractivity contribution in [2.75, 3.05) is 5.73 Å². The van der Waals surface area contributed by atoms with Gasteiger partial charge in [-0.1, -0.05) is 18.2 Å². The number of amides is 1. The number of H-pyrrole nitrogens is 1. The third kappa shape index (κ3) is 2.94. The van der Waals surface area contributed by atoms with Gasteiger partial charge in [-0.15, -0.1) is 0 Å². The van der Waals surface area contributed by atoms with Crippen molar-refractivity contribution < 1.29 is 4.79 Å². The summed E-state index contributed by atoms with van der Waals surface area (Å²) in [5.41, 5.74) is 8.45. The highest BCUT2D eigenvalue weighted by atomic mass is 16.1. The molecule has 0 aliphatic heterocycles. The maximum absolute atomic E-state index is 11.9. The molecule has 6 heteroatoms. The summed E-state index contributed by atoms with van der Waals surface area (Å²) in [5, 5.41) is 7.09. The number of benzene rings is 1. The van der Waals surface area contributed by atoms with Gasteiger partial charge < -0.3 is 16.0 Å². The van der Waals surface area contributed by atoms with Gasteiger partial charge in [0.1, 0.15) is 5.69 Å². The second-order valence-electron chi connectivity index (χ2n) is 4.66. The summed E-state index contributed by atoms with van der Waals surface area (Å²) < 4.78 is 1.77. The minimum Gasteiger partial charge on any atom is -0.397 e. The molecule has 0 saturated heterocycles. The lowest BCUT2D eigenvalue weighted by atomic mass is 10.3. The first kappa shape index (κ1) is 13.0. The number of aromatic nitrogens is 3. The summed E-state index contributed by atoms with van der Waals surface area (Å²) in [6, 6.07) is 11.4. The number of hydrogen-bond acceptors (Lipinski definition) is 3. The Balaban J connectivity index is 1.64. The van der Waals surface area contributed by atoms with E-state index in [2.05, 4.69) is 15.4 Å². The molecule has 0 aliphatic carbocycles. The molecule has 106 valence electrons. The van der Waals surface area contributed by atoms with Gasteiger partial charge in [0.2, 0.25) is 0 Å². The van der Waals surface area contributed by atoms with Crippen LogP contribution in [-0.4, -0.2) is 20.7 Å². The number of carbonyl (C=O) groups is 1. The monoisotopic (exact) mass is 281 g/mol. The molecule has 21 heavy (non-hydrogen) atoms. The Morgan fingerprint density at radius 3 is 2.86 bits per heavy atom. The van der Waals surface area contributed by atoms with Crippen molar-refractivity contribution in [1.82, 2.24) is 20.1 Å². The zero-order valence-electron chi connectivity index (χ0n) is 11.3. The predicted octanol–water partition coefficient (Wildman–Crippen LogP) is 1.71. The van der Waals surface area contributed by atoms with Crippen LogP contribution < -0.4 is 11.1 Å². The Bertz CT molecular complexity index is 744. The summed E-state index contributed by atoms with van der Waals surface area (Å²) in [6.45, 7) is 0.407. The fourth-order valence-electron chi connectivity index (χ4n) is 1.99. The van der Waals surface area contributed by atoms with E-state index in [0.29, 0.717) is 17.9 Å². The predicted molar refractivity (Wildman–Crippen MR) is 79.9 cm³/mol. The topological polar surface area (TPSA) is 88.7 Å². The van der Waals surface area contributed by atoms with Crippen molar-refractivity contribution >= 4 is 11.6 Å². The van der Waals surface area contributed by atoms with Crippen LogP contribution in [-0.2, 0) is 6.54 Å². The van der Waals surface area contributed by atoms with Crippen LogP contribution in [0.1, 0.15) is 16.1 Å². The molecule has 0 radical (unpaired) electrons. The van der Waals surface area contributed by atoms with Crippen molar-refractivity contribution in [1.29, 1.82) is 0 Å². The molecule has 4 N–H and O–H groups in total. The minimum absolute atomic E-state index is 0.195. The summed E-state index contributed by atoms with van der Waals surface area (Å²) in [7, 11) is 0. The Morgan fingerprint density at radius 2 is 2.14 bits per heavy atom. The number of hydrogen-bond donors (Lipinski definition) is 3. The summed E-state index contributed by atoms with van der Waals surface area (Å²) in [4.78, 5) is 14.7. The highest BCUT2D eigenvalue weighted by Gasteiger charge is 2.08. The SMILES string of the molecule is Nc1c[nH]c(C(=O)NCc2cnn(-c3ccccc3)c2)c1. The van der Waals surface area contributed by atoms with E-state index in [4.69, 9.17) is 5.73 Å². The Kier molecular flexibility index (Phi) is 3.42. The summed E-state index contributed by atoms with van der Waals surface area (Å²) in [6.07, 6.45) is 5.21. The average molecular weight is 281 g/mol. The second-order valence-corrected chi connectivity index (χ2v) is 4.66. The number of anilines is 1. The molecule has 0 atom stereocenters. The highest BCUT2D eigenvalue weighted by Crippen LogP contribution is 2.08. The average Bonchev–Trinajstić information content (AvgIpc) is 3.15. The largest absolute Gasteiger partial charge is 0.397 e. The van der Waals surface area contributed by atoms with Crippen LogP contribution in [0.25, 0.3) is 5.69 Å². The zero-order chi connectivity index (χ0) is 14.7. The van der Waals surface area contributed by atoms with Crippen LogP contribution >= 0.6 is 0 Å². The number of carbonyl (C=O) groups excluding carboxylic acids is 1. The van der Waals surface area contributed by atoms with Gasteiger partial charge in [-0.25, -0.2) is 4.68 Å². The molecule has 1 amide bonds. The lowest BCUT2D eigenvalue weighted by molar-refractivity contribution is 0.0946. The van der Waals surface area contributed by atoms with Crippen LogP contribution in [0.4, 0.5) is 5.69 Å². The summed E-state index contributed by atoms with van der Waals surface area (Å²) in [5.74, 6) is -0.195. The number of nitrogen functional groups attached to an aromatic ring is 1. The van der Waals surface area contributed by atoms with E-state index in [9.17, 15) is 4.79 Å². The molecule has 0 spiro atoms. The van der Waals surface area contributed by atoms with Crippen LogP contribution in [0.2, 0.25) is 0 Å². The first-order valence-corrected chi connectivity index (χ1v) is 6.53. The normalized spacial score (nSPS) is 10.5. The molecule has 3 aromatic rings. The number of para-hydroxylation sites is 1. The number of nitrogens with two attached hydrogens (primary N) is 1. The van der Waals surface area contributed by atoms with E-state index < -0.39 is 0 Å². The molecular weight excluding hydrogens is 266 g/mol. The van der Waals surface area contributed by atoms with E-state index in [1.165, 1.54) is 0 Å². The number of nitrogens with one attached hydrogen (secondary N) is 2. The quantitative estimate of drug-likeness (QED) is 0.680. The van der Waals surface area contributed by atoms with E-state index in [1.54, 1.807) is 23.1 Å². The lowest BCUT2D eigenvalue weighted by Crippen LogP contribution is -2.22. The molecule has 2 aromatic heterocycles. The highest BCUT2D eigenvalue weighted by molar-refractivity contribution is 5.93. The maximum Gasteiger partial charge on any atom is 0.268 e. The van der Waals surface area contributed by atoms with E-state index >= 15 is 0 Å². The van der Waals surface area contributed by atoms with Crippen molar-refractivity contribution in [3.8, 4) is 5.69 Å². The number of nitrogens with zero attached hydrogens (tertiary/aromatic N) is 2. The molecule has 0 bridgehead atoms. The maximum atomic E-state index is 11.9. The van der Waals surface area contributed by atoms with Crippen molar-refractivity contribution in [2.24, 2.45) is 0 Å². The van der Waals surface area contributed by atoms with E-state index in [1.807, 2.05) is 36.5 Å². The zero-order valence-corrected chi connectivity index (χ0v) is 11.3. The molecule has 0 unspecified atom stereocenters. The molecule has 1 aromatic carbocycles. The van der Waals surface area contributed by atoms with Gasteiger partial charge in [-0.3, -0.25) is 4.79 Å². The molecule has 2 heterocycles. The Labute approximate surface area is 121 Å². The molecule has 3 rings (SSSR count). The third-order valence-electron chi connectivity index (χ3n) is 3.06. The Hall–Kier alpha value is -3.02. The number of rotatable bonds is 4. The first-order valence-electron chi connectivity index (χ1n) is 6.53. The van der Waals surface area contributed by atoms with Gasteiger partial charge >= 0.3 is 0 Å². The van der Waals surface area contributed by atoms with Gasteiger partial charge in [-0.05, 0) is 18.2 Å². The van der Waals surface area contributed by atoms with Crippen molar-refractivity contribution in [3.63, 3.8) is 0 Å². The van der Waals surface area contributed by atoms with Crippen molar-refractivity contribution in [3.05, 3.63) is 66.2 Å². The number of aromatic amines is 1. The van der Waals surface area contributed by atoms with E-state index in [0.717, 1.165) is 11.3 Å². The lowest BCUT2D eigenvalue weighted by Gasteiger charge is -2.01. The van der Waals surface area contributed by atoms with Crippen LogP contribution in [0.15, 0.2) is 55.0 Å². The van der Waals surface area contributed by atoms with Crippen LogP contribution in [0, 0.1) is 0 Å². The van der Waals surface area contributed by atoms with Crippen LogP contribution in [0.5, 0.6) is 0 Å². The van der Waals surface area contributed by atoms with Crippen molar-refractivity contribution in [2.45, 2.75) is 6.54 Å². The van der Waals surface area contributed by atoms with Crippen LogP contribution in [0.3, 0.4) is 0 Å². The molecule has 0 aliphatic rings. The molecular formula is C15H15N5O. The second kappa shape index (κ2) is 5.54. The third-order valence-corrected chi connectivity index (χ3v) is 3.06. The smallest absolute Gasteiger partial charge is 0.268 e. The fourth-order valence-corrected chi connectivity index (χ4v) is 1.99. The molecule has 0 fully saturated rings. The van der Waals surface area contributed by atoms with Gasteiger partial charge in [0.25, 0.3) is 5.91 Å². The Morgan fingerprint density at radius 1 is 1.33 bits per heavy atom. The van der Waals surface area contributed by atoms with Gasteiger partial charge in [-0.2, -0.15) is 5.10 Å². The minimum atomic E-state index is -0.195. The van der Waals surface area contributed by atoms with E-state index in [-0.39, 0.29) is 5.91 Å². The standard InChI is InChI=1S/C15H15N5O/c16-12-6-14(17-9-12)15(21)18-7-11-8-19-20(10-11)13-4-2-1-3-5-13/h1-6,8-10,17H,7,16H2,(H,18,21). The first-order chi connectivity index (χ1) is 10.2. The summed E-state index contributed by atoms with van der Waals surface area (Å²) >= 11 is 0. The van der Waals surface area contributed by atoms with Gasteiger partial charge in [0.15, 0.2) is 0 Å². The van der Waals surface area contributed by atoms with Gasteiger partial charge in [0.05, 0.1) is 11.9 Å².